The number of carbonyl (C=O) groups excluding carboxylic acids is 1. The van der Waals surface area contributed by atoms with Crippen molar-refractivity contribution in [3.63, 3.8) is 0 Å². The van der Waals surface area contributed by atoms with Crippen LogP contribution in [0.5, 0.6) is 0 Å². The summed E-state index contributed by atoms with van der Waals surface area (Å²) < 4.78 is 0. The zero-order valence-electron chi connectivity index (χ0n) is 11.9. The Bertz CT molecular complexity index is 591. The fourth-order valence-corrected chi connectivity index (χ4v) is 1.92. The number of aromatic nitrogens is 4. The predicted molar refractivity (Wildman–Crippen MR) is 77.6 cm³/mol. The molecule has 2 heterocycles. The first kappa shape index (κ1) is 14.0. The molecule has 0 unspecified atom stereocenters. The third kappa shape index (κ3) is 2.79. The number of anilines is 2. The van der Waals surface area contributed by atoms with Crippen LogP contribution in [0.15, 0.2) is 6.33 Å². The molecule has 0 radical (unpaired) electrons. The average Bonchev–Trinajstić information content (AvgIpc) is 2.94. The molecular weight excluding hydrogens is 258 g/mol. The molecule has 20 heavy (non-hydrogen) atoms. The van der Waals surface area contributed by atoms with Crippen LogP contribution in [-0.2, 0) is 4.79 Å². The Morgan fingerprint density at radius 2 is 2.10 bits per heavy atom. The summed E-state index contributed by atoms with van der Waals surface area (Å²) in [6, 6.07) is 0. The van der Waals surface area contributed by atoms with Crippen molar-refractivity contribution in [2.45, 2.75) is 13.8 Å². The lowest BCUT2D eigenvalue weighted by Crippen LogP contribution is -2.35. The molecule has 0 aliphatic carbocycles. The first-order chi connectivity index (χ1) is 9.69. The van der Waals surface area contributed by atoms with Gasteiger partial charge in [0.2, 0.25) is 11.9 Å². The van der Waals surface area contributed by atoms with Crippen LogP contribution in [0, 0.1) is 0 Å². The number of hydrogen-bond donors (Lipinski definition) is 3. The van der Waals surface area contributed by atoms with E-state index in [0.29, 0.717) is 36.0 Å². The fourth-order valence-electron chi connectivity index (χ4n) is 1.92. The largest absolute Gasteiger partial charge is 0.359 e. The summed E-state index contributed by atoms with van der Waals surface area (Å²) >= 11 is 0. The maximum absolute atomic E-state index is 12.0. The van der Waals surface area contributed by atoms with E-state index >= 15 is 0 Å². The molecule has 0 saturated heterocycles. The van der Waals surface area contributed by atoms with Crippen molar-refractivity contribution < 1.29 is 4.79 Å². The number of amides is 1. The molecule has 3 N–H and O–H groups in total. The Labute approximate surface area is 117 Å². The highest BCUT2D eigenvalue weighted by atomic mass is 16.2. The van der Waals surface area contributed by atoms with Crippen molar-refractivity contribution in [2.24, 2.45) is 0 Å². The zero-order chi connectivity index (χ0) is 14.5. The lowest BCUT2D eigenvalue weighted by Gasteiger charge is -2.19. The van der Waals surface area contributed by atoms with E-state index in [0.717, 1.165) is 0 Å². The van der Waals surface area contributed by atoms with Crippen LogP contribution in [-0.4, -0.2) is 57.4 Å². The number of carbonyl (C=O) groups is 1. The quantitative estimate of drug-likeness (QED) is 0.718. The highest BCUT2D eigenvalue weighted by molar-refractivity contribution is 5.87. The molecule has 0 spiro atoms. The molecule has 0 aromatic carbocycles. The summed E-state index contributed by atoms with van der Waals surface area (Å²) in [5.41, 5.74) is 1.25. The molecule has 8 nitrogen and oxygen atoms in total. The summed E-state index contributed by atoms with van der Waals surface area (Å²) in [7, 11) is 1.73. The summed E-state index contributed by atoms with van der Waals surface area (Å²) in [5.74, 6) is 1.06. The highest BCUT2D eigenvalue weighted by Gasteiger charge is 2.13. The first-order valence-electron chi connectivity index (χ1n) is 6.60. The second-order valence-electron chi connectivity index (χ2n) is 4.17. The van der Waals surface area contributed by atoms with E-state index in [2.05, 4.69) is 30.6 Å². The van der Waals surface area contributed by atoms with Crippen molar-refractivity contribution in [1.29, 1.82) is 0 Å². The van der Waals surface area contributed by atoms with Crippen molar-refractivity contribution >= 4 is 28.8 Å². The molecule has 0 aliphatic rings. The van der Waals surface area contributed by atoms with Gasteiger partial charge in [0.1, 0.15) is 5.52 Å². The van der Waals surface area contributed by atoms with Crippen LogP contribution in [0.2, 0.25) is 0 Å². The minimum Gasteiger partial charge on any atom is -0.359 e. The van der Waals surface area contributed by atoms with Gasteiger partial charge in [-0.25, -0.2) is 4.98 Å². The van der Waals surface area contributed by atoms with Crippen LogP contribution in [0.3, 0.4) is 0 Å². The second-order valence-corrected chi connectivity index (χ2v) is 4.17. The topological polar surface area (TPSA) is 98.8 Å². The summed E-state index contributed by atoms with van der Waals surface area (Å²) in [6.07, 6.45) is 1.55. The second kappa shape index (κ2) is 6.18. The van der Waals surface area contributed by atoms with E-state index in [9.17, 15) is 4.79 Å². The lowest BCUT2D eigenvalue weighted by atomic mass is 10.4. The van der Waals surface area contributed by atoms with Crippen LogP contribution >= 0.6 is 0 Å². The molecule has 0 fully saturated rings. The molecule has 0 aliphatic heterocycles. The molecule has 2 aromatic heterocycles. The van der Waals surface area contributed by atoms with Gasteiger partial charge in [0.05, 0.1) is 12.9 Å². The molecule has 108 valence electrons. The number of H-pyrrole nitrogens is 1. The van der Waals surface area contributed by atoms with Crippen molar-refractivity contribution in [3.05, 3.63) is 6.33 Å². The number of fused-ring (bicyclic) bond motifs is 1. The van der Waals surface area contributed by atoms with Crippen molar-refractivity contribution in [2.75, 3.05) is 37.3 Å². The number of hydrogen-bond acceptors (Lipinski definition) is 6. The number of imidazole rings is 1. The third-order valence-electron chi connectivity index (χ3n) is 3.03. The van der Waals surface area contributed by atoms with Crippen LogP contribution in [0.25, 0.3) is 11.2 Å². The molecule has 0 saturated carbocycles. The smallest absolute Gasteiger partial charge is 0.241 e. The predicted octanol–water partition coefficient (Wildman–Crippen LogP) is 0.675. The van der Waals surface area contributed by atoms with E-state index in [1.54, 1.807) is 18.3 Å². The third-order valence-corrected chi connectivity index (χ3v) is 3.03. The monoisotopic (exact) mass is 277 g/mol. The van der Waals surface area contributed by atoms with Gasteiger partial charge in [0.25, 0.3) is 0 Å². The Balaban J connectivity index is 2.16. The Hall–Kier alpha value is -2.38. The van der Waals surface area contributed by atoms with Crippen LogP contribution < -0.4 is 10.6 Å². The highest BCUT2D eigenvalue weighted by Crippen LogP contribution is 2.18. The van der Waals surface area contributed by atoms with Crippen molar-refractivity contribution in [1.82, 2.24) is 24.8 Å². The number of rotatable bonds is 6. The van der Waals surface area contributed by atoms with Gasteiger partial charge in [-0.2, -0.15) is 9.97 Å². The van der Waals surface area contributed by atoms with E-state index in [1.807, 2.05) is 13.8 Å². The minimum atomic E-state index is 0.0345. The maximum atomic E-state index is 12.0. The molecule has 0 bridgehead atoms. The van der Waals surface area contributed by atoms with Gasteiger partial charge in [-0.15, -0.1) is 0 Å². The van der Waals surface area contributed by atoms with Crippen molar-refractivity contribution in [3.8, 4) is 0 Å². The Kier molecular flexibility index (Phi) is 4.34. The first-order valence-corrected chi connectivity index (χ1v) is 6.60. The molecule has 2 rings (SSSR count). The fraction of sp³-hybridized carbons (Fsp3) is 0.500. The standard InChI is InChI=1S/C12H19N7O/c1-4-19(5-2)8(20)6-14-10-9-11(16-7-15-9)18-12(13-3)17-10/h7H,4-6H2,1-3H3,(H3,13,14,15,16,17,18). The zero-order valence-corrected chi connectivity index (χ0v) is 11.9. The van der Waals surface area contributed by atoms with Crippen LogP contribution in [0.4, 0.5) is 11.8 Å². The lowest BCUT2D eigenvalue weighted by molar-refractivity contribution is -0.128. The van der Waals surface area contributed by atoms with Gasteiger partial charge >= 0.3 is 0 Å². The maximum Gasteiger partial charge on any atom is 0.241 e. The molecular formula is C12H19N7O. The normalized spacial score (nSPS) is 10.6. The molecule has 1 amide bonds. The van der Waals surface area contributed by atoms with Gasteiger partial charge in [0.15, 0.2) is 11.5 Å². The number of nitrogens with one attached hydrogen (secondary N) is 3. The Morgan fingerprint density at radius 3 is 2.75 bits per heavy atom. The van der Waals surface area contributed by atoms with Gasteiger partial charge in [0, 0.05) is 20.1 Å². The number of nitrogens with zero attached hydrogens (tertiary/aromatic N) is 4. The summed E-state index contributed by atoms with van der Waals surface area (Å²) in [6.45, 7) is 5.50. The minimum absolute atomic E-state index is 0.0345. The van der Waals surface area contributed by atoms with Crippen LogP contribution in [0.1, 0.15) is 13.8 Å². The van der Waals surface area contributed by atoms with E-state index in [1.165, 1.54) is 0 Å². The Morgan fingerprint density at radius 1 is 1.35 bits per heavy atom. The van der Waals surface area contributed by atoms with Gasteiger partial charge < -0.3 is 20.5 Å². The van der Waals surface area contributed by atoms with Gasteiger partial charge in [-0.1, -0.05) is 0 Å². The summed E-state index contributed by atoms with van der Waals surface area (Å²) in [4.78, 5) is 29.3. The summed E-state index contributed by atoms with van der Waals surface area (Å²) in [5, 5.41) is 5.91. The average molecular weight is 277 g/mol. The molecule has 0 atom stereocenters. The molecule has 2 aromatic rings. The van der Waals surface area contributed by atoms with E-state index in [-0.39, 0.29) is 12.5 Å². The number of aromatic amines is 1. The van der Waals surface area contributed by atoms with Gasteiger partial charge in [-0.3, -0.25) is 4.79 Å². The SMILES string of the molecule is CCN(CC)C(=O)CNc1nc(NC)nc2nc[nH]c12. The van der Waals surface area contributed by atoms with Gasteiger partial charge in [-0.05, 0) is 13.8 Å². The molecule has 8 heteroatoms. The number of likely N-dealkylation sites (N-methyl/N-ethyl adjacent to an activating group) is 1. The van der Waals surface area contributed by atoms with E-state index < -0.39 is 0 Å². The van der Waals surface area contributed by atoms with E-state index in [4.69, 9.17) is 0 Å².